The van der Waals surface area contributed by atoms with Crippen LogP contribution < -0.4 is 10.1 Å². The zero-order valence-electron chi connectivity index (χ0n) is 15.8. The quantitative estimate of drug-likeness (QED) is 0.632. The average Bonchev–Trinajstić information content (AvgIpc) is 3.43. The van der Waals surface area contributed by atoms with Crippen molar-refractivity contribution in [1.29, 1.82) is 0 Å². The molecule has 0 spiro atoms. The van der Waals surface area contributed by atoms with Crippen LogP contribution in [0.2, 0.25) is 0 Å². The van der Waals surface area contributed by atoms with Crippen LogP contribution in [0, 0.1) is 12.8 Å². The molecule has 0 aliphatic heterocycles. The van der Waals surface area contributed by atoms with Crippen LogP contribution in [-0.4, -0.2) is 13.1 Å². The largest absolute Gasteiger partial charge is 0.489 e. The molecule has 25 heavy (non-hydrogen) atoms. The first-order valence-corrected chi connectivity index (χ1v) is 9.53. The van der Waals surface area contributed by atoms with Gasteiger partial charge < -0.3 is 10.1 Å². The number of hydrogen-bond acceptors (Lipinski definition) is 2. The number of benzene rings is 2. The van der Waals surface area contributed by atoms with Gasteiger partial charge in [0.25, 0.3) is 0 Å². The summed E-state index contributed by atoms with van der Waals surface area (Å²) in [5.41, 5.74) is 4.09. The number of aryl methyl sites for hydroxylation is 1. The number of ether oxygens (including phenoxy) is 1. The van der Waals surface area contributed by atoms with Gasteiger partial charge in [-0.2, -0.15) is 0 Å². The molecule has 0 amide bonds. The molecule has 1 saturated carbocycles. The van der Waals surface area contributed by atoms with Crippen molar-refractivity contribution >= 4 is 0 Å². The van der Waals surface area contributed by atoms with E-state index >= 15 is 0 Å². The van der Waals surface area contributed by atoms with Crippen LogP contribution in [0.15, 0.2) is 48.5 Å². The Morgan fingerprint density at radius 1 is 1.08 bits per heavy atom. The fourth-order valence-corrected chi connectivity index (χ4v) is 3.32. The van der Waals surface area contributed by atoms with E-state index in [0.717, 1.165) is 24.6 Å². The minimum absolute atomic E-state index is 0.146. The highest BCUT2D eigenvalue weighted by atomic mass is 16.5. The summed E-state index contributed by atoms with van der Waals surface area (Å²) in [6, 6.07) is 16.9. The van der Waals surface area contributed by atoms with Crippen LogP contribution >= 0.6 is 0 Å². The molecule has 2 heteroatoms. The van der Waals surface area contributed by atoms with E-state index in [4.69, 9.17) is 4.74 Å². The van der Waals surface area contributed by atoms with E-state index in [1.54, 1.807) is 0 Å². The summed E-state index contributed by atoms with van der Waals surface area (Å²) >= 11 is 0. The molecule has 0 heterocycles. The molecule has 3 rings (SSSR count). The standard InChI is InChI=1S/C23H31NO/c1-18-9-12-21(25-17-20-7-5-4-6-8-20)15-22(18)23(2,3)13-14-24-16-19-10-11-19/h4-9,12,15,19,24H,10-11,13-14,16-17H2,1-3H3. The summed E-state index contributed by atoms with van der Waals surface area (Å²) in [6.07, 6.45) is 3.97. The van der Waals surface area contributed by atoms with Gasteiger partial charge in [0, 0.05) is 0 Å². The van der Waals surface area contributed by atoms with Crippen molar-refractivity contribution in [3.8, 4) is 5.75 Å². The Bertz CT molecular complexity index is 674. The van der Waals surface area contributed by atoms with Crippen LogP contribution in [0.3, 0.4) is 0 Å². The lowest BCUT2D eigenvalue weighted by Gasteiger charge is -2.28. The van der Waals surface area contributed by atoms with Gasteiger partial charge in [-0.1, -0.05) is 50.2 Å². The minimum atomic E-state index is 0.146. The van der Waals surface area contributed by atoms with Gasteiger partial charge >= 0.3 is 0 Å². The Labute approximate surface area is 152 Å². The van der Waals surface area contributed by atoms with Gasteiger partial charge in [-0.3, -0.25) is 0 Å². The third-order valence-corrected chi connectivity index (χ3v) is 5.24. The summed E-state index contributed by atoms with van der Waals surface area (Å²) in [4.78, 5) is 0. The Morgan fingerprint density at radius 2 is 1.84 bits per heavy atom. The van der Waals surface area contributed by atoms with Crippen LogP contribution in [0.25, 0.3) is 0 Å². The maximum Gasteiger partial charge on any atom is 0.120 e. The molecule has 0 saturated heterocycles. The zero-order valence-corrected chi connectivity index (χ0v) is 15.8. The van der Waals surface area contributed by atoms with Crippen molar-refractivity contribution in [2.24, 2.45) is 5.92 Å². The molecule has 1 aliphatic rings. The third kappa shape index (κ3) is 5.34. The van der Waals surface area contributed by atoms with Crippen molar-refractivity contribution < 1.29 is 4.74 Å². The molecule has 2 aromatic rings. The summed E-state index contributed by atoms with van der Waals surface area (Å²) in [5.74, 6) is 1.91. The predicted molar refractivity (Wildman–Crippen MR) is 105 cm³/mol. The molecule has 0 aromatic heterocycles. The van der Waals surface area contributed by atoms with Crippen LogP contribution in [0.1, 0.15) is 49.8 Å². The molecule has 0 unspecified atom stereocenters. The topological polar surface area (TPSA) is 21.3 Å². The maximum atomic E-state index is 6.03. The van der Waals surface area contributed by atoms with Gasteiger partial charge in [-0.25, -0.2) is 0 Å². The van der Waals surface area contributed by atoms with Crippen molar-refractivity contribution in [2.75, 3.05) is 13.1 Å². The highest BCUT2D eigenvalue weighted by Gasteiger charge is 2.24. The first kappa shape index (κ1) is 18.0. The normalized spacial score (nSPS) is 14.5. The van der Waals surface area contributed by atoms with E-state index in [2.05, 4.69) is 68.6 Å². The molecule has 2 nitrogen and oxygen atoms in total. The van der Waals surface area contributed by atoms with Crippen molar-refractivity contribution in [2.45, 2.75) is 52.1 Å². The van der Waals surface area contributed by atoms with E-state index in [9.17, 15) is 0 Å². The second-order valence-electron chi connectivity index (χ2n) is 8.03. The lowest BCUT2D eigenvalue weighted by atomic mass is 9.79. The lowest BCUT2D eigenvalue weighted by molar-refractivity contribution is 0.305. The Kier molecular flexibility index (Phi) is 5.80. The molecule has 2 aromatic carbocycles. The number of hydrogen-bond donors (Lipinski definition) is 1. The Hall–Kier alpha value is -1.80. The van der Waals surface area contributed by atoms with Gasteiger partial charge in [0.1, 0.15) is 12.4 Å². The molecule has 0 bridgehead atoms. The zero-order chi connectivity index (χ0) is 17.7. The fourth-order valence-electron chi connectivity index (χ4n) is 3.32. The number of rotatable bonds is 9. The minimum Gasteiger partial charge on any atom is -0.489 e. The van der Waals surface area contributed by atoms with Crippen LogP contribution in [0.4, 0.5) is 0 Å². The smallest absolute Gasteiger partial charge is 0.120 e. The van der Waals surface area contributed by atoms with E-state index in [1.165, 1.54) is 36.1 Å². The third-order valence-electron chi connectivity index (χ3n) is 5.24. The first-order chi connectivity index (χ1) is 12.0. The molecular weight excluding hydrogens is 306 g/mol. The Balaban J connectivity index is 1.60. The monoisotopic (exact) mass is 337 g/mol. The Morgan fingerprint density at radius 3 is 2.56 bits per heavy atom. The van der Waals surface area contributed by atoms with Crippen molar-refractivity contribution in [3.05, 3.63) is 65.2 Å². The molecular formula is C23H31NO. The van der Waals surface area contributed by atoms with Crippen LogP contribution in [-0.2, 0) is 12.0 Å². The molecule has 1 N–H and O–H groups in total. The molecule has 0 atom stereocenters. The first-order valence-electron chi connectivity index (χ1n) is 9.53. The second-order valence-corrected chi connectivity index (χ2v) is 8.03. The highest BCUT2D eigenvalue weighted by Crippen LogP contribution is 2.33. The summed E-state index contributed by atoms with van der Waals surface area (Å²) in [6.45, 7) is 9.78. The average molecular weight is 338 g/mol. The molecule has 1 aliphatic carbocycles. The van der Waals surface area contributed by atoms with Crippen molar-refractivity contribution in [3.63, 3.8) is 0 Å². The molecule has 134 valence electrons. The van der Waals surface area contributed by atoms with Gasteiger partial charge in [-0.05, 0) is 79.4 Å². The number of nitrogens with one attached hydrogen (secondary N) is 1. The van der Waals surface area contributed by atoms with E-state index in [0.29, 0.717) is 6.61 Å². The SMILES string of the molecule is Cc1ccc(OCc2ccccc2)cc1C(C)(C)CCNCC1CC1. The van der Waals surface area contributed by atoms with Gasteiger partial charge in [0.05, 0.1) is 0 Å². The molecule has 1 fully saturated rings. The van der Waals surface area contributed by atoms with E-state index in [1.807, 2.05) is 6.07 Å². The van der Waals surface area contributed by atoms with Crippen molar-refractivity contribution in [1.82, 2.24) is 5.32 Å². The second kappa shape index (κ2) is 8.05. The van der Waals surface area contributed by atoms with Gasteiger partial charge in [0.15, 0.2) is 0 Å². The van der Waals surface area contributed by atoms with E-state index in [-0.39, 0.29) is 5.41 Å². The molecule has 0 radical (unpaired) electrons. The maximum absolute atomic E-state index is 6.03. The van der Waals surface area contributed by atoms with Crippen LogP contribution in [0.5, 0.6) is 5.75 Å². The summed E-state index contributed by atoms with van der Waals surface area (Å²) in [5, 5.41) is 3.62. The van der Waals surface area contributed by atoms with E-state index < -0.39 is 0 Å². The summed E-state index contributed by atoms with van der Waals surface area (Å²) < 4.78 is 6.03. The van der Waals surface area contributed by atoms with Gasteiger partial charge in [0.2, 0.25) is 0 Å². The predicted octanol–water partition coefficient (Wildman–Crippen LogP) is 5.24. The summed E-state index contributed by atoms with van der Waals surface area (Å²) in [7, 11) is 0. The highest BCUT2D eigenvalue weighted by molar-refractivity contribution is 5.39. The lowest BCUT2D eigenvalue weighted by Crippen LogP contribution is -2.27. The fraction of sp³-hybridized carbons (Fsp3) is 0.478. The van der Waals surface area contributed by atoms with Gasteiger partial charge in [-0.15, -0.1) is 0 Å².